The molecule has 1 aromatic heterocycles. The molecule has 2 heterocycles. The number of benzene rings is 3. The summed E-state index contributed by atoms with van der Waals surface area (Å²) in [5.41, 5.74) is 5.88. The minimum absolute atomic E-state index is 0.0574. The second-order valence-electron chi connectivity index (χ2n) is 7.49. The predicted molar refractivity (Wildman–Crippen MR) is 128 cm³/mol. The summed E-state index contributed by atoms with van der Waals surface area (Å²) < 4.78 is 1.80. The van der Waals surface area contributed by atoms with Gasteiger partial charge in [-0.2, -0.15) is 10.2 Å². The van der Waals surface area contributed by atoms with Gasteiger partial charge in [-0.05, 0) is 48.9 Å². The summed E-state index contributed by atoms with van der Waals surface area (Å²) in [6, 6.07) is 27.9. The summed E-state index contributed by atoms with van der Waals surface area (Å²) in [6.45, 7) is 2.00. The molecule has 6 heteroatoms. The highest BCUT2D eigenvalue weighted by atomic mass is 35.5. The Morgan fingerprint density at radius 3 is 2.06 bits per heavy atom. The minimum atomic E-state index is -0.0574. The maximum atomic E-state index is 6.92. The Morgan fingerprint density at radius 1 is 0.806 bits per heavy atom. The van der Waals surface area contributed by atoms with E-state index >= 15 is 0 Å². The molecule has 1 atom stereocenters. The summed E-state index contributed by atoms with van der Waals surface area (Å²) in [5.74, 6) is 0. The number of aryl methyl sites for hydroxylation is 1. The zero-order chi connectivity index (χ0) is 21.4. The number of halogens is 2. The van der Waals surface area contributed by atoms with E-state index in [0.29, 0.717) is 10.2 Å². The number of aromatic nitrogens is 2. The van der Waals surface area contributed by atoms with Crippen molar-refractivity contribution in [2.45, 2.75) is 19.4 Å². The quantitative estimate of drug-likeness (QED) is 0.343. The molecule has 5 rings (SSSR count). The van der Waals surface area contributed by atoms with Crippen LogP contribution in [0.2, 0.25) is 10.2 Å². The van der Waals surface area contributed by atoms with Crippen molar-refractivity contribution in [3.05, 3.63) is 112 Å². The number of anilines is 1. The largest absolute Gasteiger partial charge is 0.257 e. The molecule has 1 aliphatic heterocycles. The average Bonchev–Trinajstić information content (AvgIpc) is 3.36. The van der Waals surface area contributed by atoms with Crippen LogP contribution in [0.3, 0.4) is 0 Å². The lowest BCUT2D eigenvalue weighted by Crippen LogP contribution is -2.19. The smallest absolute Gasteiger partial charge is 0.138 e. The fourth-order valence-corrected chi connectivity index (χ4v) is 4.52. The molecule has 0 saturated heterocycles. The van der Waals surface area contributed by atoms with E-state index in [-0.39, 0.29) is 6.04 Å². The molecule has 1 unspecified atom stereocenters. The second kappa shape index (κ2) is 8.22. The number of rotatable bonds is 4. The van der Waals surface area contributed by atoms with Crippen molar-refractivity contribution in [2.75, 3.05) is 5.01 Å². The van der Waals surface area contributed by atoms with Gasteiger partial charge in [0.2, 0.25) is 0 Å². The van der Waals surface area contributed by atoms with Crippen LogP contribution in [0.4, 0.5) is 5.69 Å². The SMILES string of the molecule is Cc1nn(-c2ccccc2)c(Cl)c1C1CC(c2ccc(Cl)cc2)=NN1c1ccccc1. The first-order valence-corrected chi connectivity index (χ1v) is 10.9. The van der Waals surface area contributed by atoms with Crippen LogP contribution in [-0.4, -0.2) is 15.5 Å². The molecule has 0 radical (unpaired) electrons. The van der Waals surface area contributed by atoms with Crippen molar-refractivity contribution in [1.82, 2.24) is 9.78 Å². The fourth-order valence-electron chi connectivity index (χ4n) is 4.00. The fraction of sp³-hybridized carbons (Fsp3) is 0.120. The van der Waals surface area contributed by atoms with Crippen LogP contribution in [0.25, 0.3) is 5.69 Å². The summed E-state index contributed by atoms with van der Waals surface area (Å²) in [7, 11) is 0. The molecule has 31 heavy (non-hydrogen) atoms. The van der Waals surface area contributed by atoms with Gasteiger partial charge < -0.3 is 0 Å². The molecule has 0 bridgehead atoms. The monoisotopic (exact) mass is 446 g/mol. The molecule has 154 valence electrons. The Hall–Kier alpha value is -3.08. The van der Waals surface area contributed by atoms with Gasteiger partial charge in [-0.25, -0.2) is 4.68 Å². The van der Waals surface area contributed by atoms with Crippen molar-refractivity contribution in [3.63, 3.8) is 0 Å². The van der Waals surface area contributed by atoms with E-state index in [4.69, 9.17) is 33.4 Å². The molecule has 3 aromatic carbocycles. The highest BCUT2D eigenvalue weighted by Crippen LogP contribution is 2.41. The first-order valence-electron chi connectivity index (χ1n) is 10.1. The lowest BCUT2D eigenvalue weighted by atomic mass is 9.98. The Labute approximate surface area is 191 Å². The maximum Gasteiger partial charge on any atom is 0.138 e. The normalized spacial score (nSPS) is 15.9. The third kappa shape index (κ3) is 3.73. The molecule has 0 N–H and O–H groups in total. The van der Waals surface area contributed by atoms with E-state index in [0.717, 1.165) is 40.3 Å². The van der Waals surface area contributed by atoms with Gasteiger partial charge in [-0.3, -0.25) is 5.01 Å². The van der Waals surface area contributed by atoms with Crippen molar-refractivity contribution in [3.8, 4) is 5.69 Å². The molecule has 0 fully saturated rings. The number of hydrazone groups is 1. The number of hydrogen-bond donors (Lipinski definition) is 0. The first-order chi connectivity index (χ1) is 15.1. The molecular formula is C25H20Cl2N4. The van der Waals surface area contributed by atoms with Crippen molar-refractivity contribution < 1.29 is 0 Å². The molecule has 0 saturated carbocycles. The van der Waals surface area contributed by atoms with E-state index in [1.54, 1.807) is 4.68 Å². The van der Waals surface area contributed by atoms with Crippen molar-refractivity contribution in [2.24, 2.45) is 5.10 Å². The van der Waals surface area contributed by atoms with Crippen LogP contribution in [0, 0.1) is 6.92 Å². The summed E-state index contributed by atoms with van der Waals surface area (Å²) >= 11 is 13.0. The van der Waals surface area contributed by atoms with Gasteiger partial charge in [0.15, 0.2) is 0 Å². The Balaban J connectivity index is 1.60. The van der Waals surface area contributed by atoms with Crippen molar-refractivity contribution in [1.29, 1.82) is 0 Å². The molecule has 4 aromatic rings. The van der Waals surface area contributed by atoms with Crippen LogP contribution in [-0.2, 0) is 0 Å². The van der Waals surface area contributed by atoms with Gasteiger partial charge >= 0.3 is 0 Å². The second-order valence-corrected chi connectivity index (χ2v) is 8.29. The summed E-state index contributed by atoms with van der Waals surface area (Å²) in [6.07, 6.45) is 0.720. The van der Waals surface area contributed by atoms with Crippen LogP contribution in [0.1, 0.15) is 29.3 Å². The number of para-hydroxylation sites is 2. The summed E-state index contributed by atoms with van der Waals surface area (Å²) in [4.78, 5) is 0. The maximum absolute atomic E-state index is 6.92. The lowest BCUT2D eigenvalue weighted by molar-refractivity contribution is 0.704. The van der Waals surface area contributed by atoms with Gasteiger partial charge in [0.05, 0.1) is 28.8 Å². The standard InChI is InChI=1S/C25H20Cl2N4/c1-17-24(25(27)31(28-17)21-10-6-3-7-11-21)23-16-22(18-12-14-19(26)15-13-18)29-30(23)20-8-4-2-5-9-20/h2-15,23H,16H2,1H3. The lowest BCUT2D eigenvalue weighted by Gasteiger charge is -2.23. The highest BCUT2D eigenvalue weighted by molar-refractivity contribution is 6.31. The van der Waals surface area contributed by atoms with E-state index < -0.39 is 0 Å². The molecule has 4 nitrogen and oxygen atoms in total. The minimum Gasteiger partial charge on any atom is -0.257 e. The van der Waals surface area contributed by atoms with Gasteiger partial charge in [-0.15, -0.1) is 0 Å². The zero-order valence-corrected chi connectivity index (χ0v) is 18.4. The van der Waals surface area contributed by atoms with Gasteiger partial charge in [0.25, 0.3) is 0 Å². The van der Waals surface area contributed by atoms with Crippen LogP contribution < -0.4 is 5.01 Å². The van der Waals surface area contributed by atoms with Crippen LogP contribution >= 0.6 is 23.2 Å². The van der Waals surface area contributed by atoms with E-state index in [2.05, 4.69) is 17.1 Å². The van der Waals surface area contributed by atoms with E-state index in [1.807, 2.05) is 79.7 Å². The molecule has 1 aliphatic rings. The van der Waals surface area contributed by atoms with E-state index in [9.17, 15) is 0 Å². The number of hydrogen-bond acceptors (Lipinski definition) is 3. The predicted octanol–water partition coefficient (Wildman–Crippen LogP) is 6.84. The third-order valence-electron chi connectivity index (χ3n) is 5.49. The molecule has 0 amide bonds. The Bertz CT molecular complexity index is 1230. The van der Waals surface area contributed by atoms with Gasteiger partial charge in [0, 0.05) is 17.0 Å². The van der Waals surface area contributed by atoms with Crippen LogP contribution in [0.15, 0.2) is 90.0 Å². The average molecular weight is 447 g/mol. The van der Waals surface area contributed by atoms with Gasteiger partial charge in [-0.1, -0.05) is 71.7 Å². The molecule has 0 aliphatic carbocycles. The Kier molecular flexibility index (Phi) is 5.26. The topological polar surface area (TPSA) is 33.4 Å². The Morgan fingerprint density at radius 2 is 1.42 bits per heavy atom. The van der Waals surface area contributed by atoms with Crippen LogP contribution in [0.5, 0.6) is 0 Å². The first kappa shape index (κ1) is 19.9. The molecule has 0 spiro atoms. The summed E-state index contributed by atoms with van der Waals surface area (Å²) in [5, 5.41) is 13.1. The third-order valence-corrected chi connectivity index (χ3v) is 6.11. The number of nitrogens with zero attached hydrogens (tertiary/aromatic N) is 4. The molecular weight excluding hydrogens is 427 g/mol. The zero-order valence-electron chi connectivity index (χ0n) is 16.9. The van der Waals surface area contributed by atoms with E-state index in [1.165, 1.54) is 0 Å². The van der Waals surface area contributed by atoms with Gasteiger partial charge in [0.1, 0.15) is 5.15 Å². The highest BCUT2D eigenvalue weighted by Gasteiger charge is 2.34. The van der Waals surface area contributed by atoms with Crippen molar-refractivity contribution >= 4 is 34.6 Å².